The minimum atomic E-state index is 0.179. The predicted octanol–water partition coefficient (Wildman–Crippen LogP) is 3.02. The van der Waals surface area contributed by atoms with Crippen molar-refractivity contribution in [3.05, 3.63) is 29.8 Å². The van der Waals surface area contributed by atoms with E-state index in [1.807, 2.05) is 52.1 Å². The maximum atomic E-state index is 11.7. The van der Waals surface area contributed by atoms with Crippen LogP contribution < -0.4 is 4.74 Å². The minimum absolute atomic E-state index is 0.179. The normalized spacial score (nSPS) is 10.5. The lowest BCUT2D eigenvalue weighted by molar-refractivity contribution is -0.131. The predicted molar refractivity (Wildman–Crippen MR) is 73.8 cm³/mol. The van der Waals surface area contributed by atoms with Gasteiger partial charge < -0.3 is 9.64 Å². The van der Waals surface area contributed by atoms with Crippen molar-refractivity contribution in [1.82, 2.24) is 4.90 Å². The minimum Gasteiger partial charge on any atom is -0.494 e. The molecule has 0 aliphatic rings. The van der Waals surface area contributed by atoms with Crippen LogP contribution in [0, 0.1) is 6.92 Å². The molecule has 0 heterocycles. The lowest BCUT2D eigenvalue weighted by Gasteiger charge is -2.21. The van der Waals surface area contributed by atoms with E-state index in [1.54, 1.807) is 4.90 Å². The van der Waals surface area contributed by atoms with Gasteiger partial charge in [-0.15, -0.1) is 0 Å². The van der Waals surface area contributed by atoms with Crippen molar-refractivity contribution in [3.8, 4) is 5.75 Å². The molecule has 3 heteroatoms. The summed E-state index contributed by atoms with van der Waals surface area (Å²) in [7, 11) is 1.84. The van der Waals surface area contributed by atoms with Gasteiger partial charge >= 0.3 is 0 Å². The summed E-state index contributed by atoms with van der Waals surface area (Å²) in [4.78, 5) is 13.5. The van der Waals surface area contributed by atoms with Gasteiger partial charge in [0.05, 0.1) is 6.61 Å². The van der Waals surface area contributed by atoms with E-state index in [0.717, 1.165) is 12.2 Å². The van der Waals surface area contributed by atoms with Crippen LogP contribution >= 0.6 is 0 Å². The number of hydrogen-bond donors (Lipinski definition) is 0. The zero-order valence-electron chi connectivity index (χ0n) is 11.8. The maximum Gasteiger partial charge on any atom is 0.222 e. The Morgan fingerprint density at radius 2 is 2.11 bits per heavy atom. The number of rotatable bonds is 6. The van der Waals surface area contributed by atoms with Crippen molar-refractivity contribution in [1.29, 1.82) is 0 Å². The Hall–Kier alpha value is -1.51. The van der Waals surface area contributed by atoms with Crippen LogP contribution in [0.2, 0.25) is 0 Å². The molecular weight excluding hydrogens is 226 g/mol. The molecule has 0 aliphatic heterocycles. The molecule has 0 aliphatic carbocycles. The Kier molecular flexibility index (Phi) is 5.69. The topological polar surface area (TPSA) is 29.5 Å². The molecule has 0 atom stereocenters. The fourth-order valence-electron chi connectivity index (χ4n) is 1.58. The first kappa shape index (κ1) is 14.6. The summed E-state index contributed by atoms with van der Waals surface area (Å²) in [5.74, 6) is 1.05. The summed E-state index contributed by atoms with van der Waals surface area (Å²) in [5, 5.41) is 0. The molecule has 0 unspecified atom stereocenters. The summed E-state index contributed by atoms with van der Waals surface area (Å²) < 4.78 is 5.61. The number of hydrogen-bond acceptors (Lipinski definition) is 2. The Labute approximate surface area is 110 Å². The third-order valence-corrected chi connectivity index (χ3v) is 2.96. The van der Waals surface area contributed by atoms with E-state index in [9.17, 15) is 4.79 Å². The standard InChI is InChI=1S/C15H23NO2/c1-12(2)16(4)15(17)9-6-10-18-14-8-5-7-13(3)11-14/h5,7-8,11-12H,6,9-10H2,1-4H3. The number of carbonyl (C=O) groups excluding carboxylic acids is 1. The van der Waals surface area contributed by atoms with E-state index >= 15 is 0 Å². The second-order valence-corrected chi connectivity index (χ2v) is 4.87. The van der Waals surface area contributed by atoms with Gasteiger partial charge in [0.15, 0.2) is 0 Å². The number of benzene rings is 1. The van der Waals surface area contributed by atoms with Crippen molar-refractivity contribution in [2.24, 2.45) is 0 Å². The fraction of sp³-hybridized carbons (Fsp3) is 0.533. The lowest BCUT2D eigenvalue weighted by atomic mass is 10.2. The Morgan fingerprint density at radius 1 is 1.39 bits per heavy atom. The second-order valence-electron chi connectivity index (χ2n) is 4.87. The molecule has 0 spiro atoms. The average molecular weight is 249 g/mol. The van der Waals surface area contributed by atoms with E-state index in [1.165, 1.54) is 5.56 Å². The van der Waals surface area contributed by atoms with Crippen molar-refractivity contribution < 1.29 is 9.53 Å². The van der Waals surface area contributed by atoms with Gasteiger partial charge in [0.2, 0.25) is 5.91 Å². The third-order valence-electron chi connectivity index (χ3n) is 2.96. The molecule has 1 aromatic rings. The molecule has 0 radical (unpaired) electrons. The average Bonchev–Trinajstić information content (AvgIpc) is 2.33. The maximum absolute atomic E-state index is 11.7. The molecule has 0 bridgehead atoms. The smallest absolute Gasteiger partial charge is 0.222 e. The number of carbonyl (C=O) groups is 1. The van der Waals surface area contributed by atoms with Gasteiger partial charge in [0.1, 0.15) is 5.75 Å². The van der Waals surface area contributed by atoms with Crippen molar-refractivity contribution >= 4 is 5.91 Å². The SMILES string of the molecule is Cc1cccc(OCCCC(=O)N(C)C(C)C)c1. The molecule has 0 fully saturated rings. The molecule has 18 heavy (non-hydrogen) atoms. The van der Waals surface area contributed by atoms with Crippen LogP contribution in [0.3, 0.4) is 0 Å². The summed E-state index contributed by atoms with van der Waals surface area (Å²) in [6.45, 7) is 6.65. The lowest BCUT2D eigenvalue weighted by Crippen LogP contribution is -2.32. The molecule has 0 N–H and O–H groups in total. The molecule has 1 aromatic carbocycles. The largest absolute Gasteiger partial charge is 0.494 e. The molecule has 100 valence electrons. The van der Waals surface area contributed by atoms with E-state index in [0.29, 0.717) is 13.0 Å². The summed E-state index contributed by atoms with van der Waals surface area (Å²) in [6.07, 6.45) is 1.30. The van der Waals surface area contributed by atoms with E-state index in [2.05, 4.69) is 0 Å². The zero-order valence-corrected chi connectivity index (χ0v) is 11.8. The highest BCUT2D eigenvalue weighted by atomic mass is 16.5. The summed E-state index contributed by atoms with van der Waals surface area (Å²) in [6, 6.07) is 8.21. The van der Waals surface area contributed by atoms with E-state index in [4.69, 9.17) is 4.74 Å². The van der Waals surface area contributed by atoms with Crippen LogP contribution in [0.4, 0.5) is 0 Å². The van der Waals surface area contributed by atoms with Crippen molar-refractivity contribution in [3.63, 3.8) is 0 Å². The van der Waals surface area contributed by atoms with Crippen LogP contribution in [0.25, 0.3) is 0 Å². The van der Waals surface area contributed by atoms with Crippen molar-refractivity contribution in [2.75, 3.05) is 13.7 Å². The molecule has 1 amide bonds. The number of nitrogens with zero attached hydrogens (tertiary/aromatic N) is 1. The Bertz CT molecular complexity index is 388. The van der Waals surface area contributed by atoms with Crippen LogP contribution in [-0.2, 0) is 4.79 Å². The number of amides is 1. The molecule has 0 saturated carbocycles. The first-order chi connectivity index (χ1) is 8.50. The molecular formula is C15H23NO2. The quantitative estimate of drug-likeness (QED) is 0.725. The monoisotopic (exact) mass is 249 g/mol. The fourth-order valence-corrected chi connectivity index (χ4v) is 1.58. The first-order valence-electron chi connectivity index (χ1n) is 6.46. The van der Waals surface area contributed by atoms with Gasteiger partial charge in [-0.25, -0.2) is 0 Å². The van der Waals surface area contributed by atoms with Gasteiger partial charge in [-0.1, -0.05) is 12.1 Å². The highest BCUT2D eigenvalue weighted by Crippen LogP contribution is 2.12. The summed E-state index contributed by atoms with van der Waals surface area (Å²) >= 11 is 0. The van der Waals surface area contributed by atoms with E-state index in [-0.39, 0.29) is 11.9 Å². The van der Waals surface area contributed by atoms with Crippen LogP contribution in [-0.4, -0.2) is 30.5 Å². The highest BCUT2D eigenvalue weighted by Gasteiger charge is 2.10. The molecule has 3 nitrogen and oxygen atoms in total. The van der Waals surface area contributed by atoms with Crippen molar-refractivity contribution in [2.45, 2.75) is 39.7 Å². The van der Waals surface area contributed by atoms with Gasteiger partial charge in [-0.05, 0) is 44.9 Å². The van der Waals surface area contributed by atoms with E-state index < -0.39 is 0 Å². The second kappa shape index (κ2) is 7.04. The number of ether oxygens (including phenoxy) is 1. The molecule has 1 rings (SSSR count). The third kappa shape index (κ3) is 4.78. The Balaban J connectivity index is 2.25. The zero-order chi connectivity index (χ0) is 13.5. The van der Waals surface area contributed by atoms with Gasteiger partial charge in [-0.3, -0.25) is 4.79 Å². The molecule has 0 saturated heterocycles. The first-order valence-corrected chi connectivity index (χ1v) is 6.46. The Morgan fingerprint density at radius 3 is 2.72 bits per heavy atom. The van der Waals surface area contributed by atoms with Crippen LogP contribution in [0.1, 0.15) is 32.3 Å². The van der Waals surface area contributed by atoms with Gasteiger partial charge in [-0.2, -0.15) is 0 Å². The highest BCUT2D eigenvalue weighted by molar-refractivity contribution is 5.76. The molecule has 0 aromatic heterocycles. The van der Waals surface area contributed by atoms with Gasteiger partial charge in [0, 0.05) is 19.5 Å². The van der Waals surface area contributed by atoms with Gasteiger partial charge in [0.25, 0.3) is 0 Å². The van der Waals surface area contributed by atoms with Crippen LogP contribution in [0.15, 0.2) is 24.3 Å². The summed E-state index contributed by atoms with van der Waals surface area (Å²) in [5.41, 5.74) is 1.18. The van der Waals surface area contributed by atoms with Crippen LogP contribution in [0.5, 0.6) is 5.75 Å². The number of aryl methyl sites for hydroxylation is 1.